The molecule has 1 saturated heterocycles. The van der Waals surface area contributed by atoms with Crippen LogP contribution in [0.5, 0.6) is 5.75 Å². The molecular weight excluding hydrogens is 571 g/mol. The largest absolute Gasteiger partial charge is 0.481 e. The molecule has 0 aromatic heterocycles. The molecule has 1 heterocycles. The molecule has 232 valence electrons. The number of Topliss-reactive ketones (excluding diaryl/α,β-unsaturated/α-hetero) is 1. The zero-order valence-electron chi connectivity index (χ0n) is 24.3. The summed E-state index contributed by atoms with van der Waals surface area (Å²) in [7, 11) is 0. The first-order valence-electron chi connectivity index (χ1n) is 13.6. The van der Waals surface area contributed by atoms with Crippen molar-refractivity contribution in [2.75, 3.05) is 25.0 Å². The van der Waals surface area contributed by atoms with E-state index in [0.717, 1.165) is 12.5 Å². The molecule has 2 aromatic rings. The van der Waals surface area contributed by atoms with Gasteiger partial charge >= 0.3 is 17.8 Å². The number of hydrogen-bond donors (Lipinski definition) is 3. The molecule has 0 radical (unpaired) electrons. The number of carboxylic acids is 1. The molecule has 1 aliphatic rings. The number of nitrogens with one attached hydrogen (secondary N) is 2. The Balaban J connectivity index is 1.56. The van der Waals surface area contributed by atoms with Crippen molar-refractivity contribution in [3.63, 3.8) is 0 Å². The maximum Gasteiger partial charge on any atom is 0.313 e. The zero-order chi connectivity index (χ0) is 32.1. The number of aliphatic carboxylic acids is 1. The average molecular weight is 606 g/mol. The molecule has 3 N–H and O–H groups in total. The normalized spacial score (nSPS) is 14.5. The Hall–Kier alpha value is -4.42. The van der Waals surface area contributed by atoms with Gasteiger partial charge in [-0.1, -0.05) is 32.9 Å². The first-order chi connectivity index (χ1) is 20.1. The number of ether oxygens (including phenoxy) is 1. The van der Waals surface area contributed by atoms with Crippen LogP contribution in [0.1, 0.15) is 51.2 Å². The standard InChI is InChI=1S/C30H34F3N3O7/c1-16-12-20(31)25(33)26(24(16)32)43-15-22(37)21(14-23(38)39)35-27(40)17-8-10-36(11-9-17)29(42)28(41)34-19-7-5-6-18(13-19)30(2,3)4/h5-7,12-13,17,21H,8-11,14-15H2,1-4H3,(H,34,41)(H,35,40)(H,38,39)/t21-/m0/s1. The lowest BCUT2D eigenvalue weighted by Gasteiger charge is -2.31. The Labute approximate surface area is 246 Å². The fourth-order valence-electron chi connectivity index (χ4n) is 4.52. The van der Waals surface area contributed by atoms with Crippen molar-refractivity contribution in [2.24, 2.45) is 5.92 Å². The second-order valence-corrected chi connectivity index (χ2v) is 11.4. The monoisotopic (exact) mass is 605 g/mol. The third-order valence-electron chi connectivity index (χ3n) is 7.07. The summed E-state index contributed by atoms with van der Waals surface area (Å²) in [5.41, 5.74) is 1.01. The summed E-state index contributed by atoms with van der Waals surface area (Å²) in [4.78, 5) is 63.5. The van der Waals surface area contributed by atoms with E-state index in [4.69, 9.17) is 4.74 Å². The molecule has 0 spiro atoms. The maximum absolute atomic E-state index is 14.2. The van der Waals surface area contributed by atoms with Crippen molar-refractivity contribution in [1.29, 1.82) is 0 Å². The number of carbonyl (C=O) groups is 5. The summed E-state index contributed by atoms with van der Waals surface area (Å²) in [6, 6.07) is 6.17. The van der Waals surface area contributed by atoms with Gasteiger partial charge in [0.15, 0.2) is 23.2 Å². The van der Waals surface area contributed by atoms with Crippen molar-refractivity contribution in [3.05, 3.63) is 58.9 Å². The number of carbonyl (C=O) groups excluding carboxylic acids is 4. The van der Waals surface area contributed by atoms with Crippen LogP contribution >= 0.6 is 0 Å². The fraction of sp³-hybridized carbons (Fsp3) is 0.433. The van der Waals surface area contributed by atoms with Gasteiger partial charge in [0.1, 0.15) is 12.6 Å². The van der Waals surface area contributed by atoms with Crippen molar-refractivity contribution in [1.82, 2.24) is 10.2 Å². The zero-order valence-corrected chi connectivity index (χ0v) is 24.3. The SMILES string of the molecule is Cc1cc(F)c(F)c(OCC(=O)[C@H](CC(=O)O)NC(=O)C2CCN(C(=O)C(=O)Nc3cccc(C(C)(C)C)c3)CC2)c1F. The van der Waals surface area contributed by atoms with E-state index in [9.17, 15) is 42.3 Å². The number of aryl methyl sites for hydroxylation is 1. The minimum absolute atomic E-state index is 0.0600. The highest BCUT2D eigenvalue weighted by atomic mass is 19.2. The first-order valence-corrected chi connectivity index (χ1v) is 13.6. The van der Waals surface area contributed by atoms with E-state index in [-0.39, 0.29) is 36.9 Å². The van der Waals surface area contributed by atoms with Crippen molar-refractivity contribution in [2.45, 2.75) is 58.4 Å². The van der Waals surface area contributed by atoms with E-state index >= 15 is 0 Å². The van der Waals surface area contributed by atoms with Gasteiger partial charge in [-0.2, -0.15) is 4.39 Å². The number of ketones is 1. The third-order valence-corrected chi connectivity index (χ3v) is 7.07. The molecule has 0 unspecified atom stereocenters. The lowest BCUT2D eigenvalue weighted by Crippen LogP contribution is -2.50. The summed E-state index contributed by atoms with van der Waals surface area (Å²) < 4.78 is 46.7. The van der Waals surface area contributed by atoms with Crippen LogP contribution in [0.15, 0.2) is 30.3 Å². The smallest absolute Gasteiger partial charge is 0.313 e. The van der Waals surface area contributed by atoms with Gasteiger partial charge < -0.3 is 25.4 Å². The summed E-state index contributed by atoms with van der Waals surface area (Å²) in [6.07, 6.45) is -0.573. The number of likely N-dealkylation sites (tertiary alicyclic amines) is 1. The van der Waals surface area contributed by atoms with Crippen molar-refractivity contribution >= 4 is 35.2 Å². The van der Waals surface area contributed by atoms with Gasteiger partial charge in [0.2, 0.25) is 11.7 Å². The minimum atomic E-state index is -1.65. The van der Waals surface area contributed by atoms with Gasteiger partial charge in [-0.3, -0.25) is 24.0 Å². The maximum atomic E-state index is 14.2. The molecule has 0 aliphatic carbocycles. The third kappa shape index (κ3) is 8.55. The predicted molar refractivity (Wildman–Crippen MR) is 149 cm³/mol. The number of nitrogens with zero attached hydrogens (tertiary/aromatic N) is 1. The summed E-state index contributed by atoms with van der Waals surface area (Å²) in [5, 5.41) is 14.1. The van der Waals surface area contributed by atoms with Gasteiger partial charge in [-0.15, -0.1) is 0 Å². The summed E-state index contributed by atoms with van der Waals surface area (Å²) in [6.45, 7) is 6.30. The van der Waals surface area contributed by atoms with Gasteiger partial charge in [0.05, 0.1) is 6.42 Å². The van der Waals surface area contributed by atoms with Crippen LogP contribution in [0.3, 0.4) is 0 Å². The van der Waals surface area contributed by atoms with Crippen LogP contribution in [0, 0.1) is 30.3 Å². The number of halogens is 3. The van der Waals surface area contributed by atoms with Crippen LogP contribution in [0.2, 0.25) is 0 Å². The molecule has 0 bridgehead atoms. The second-order valence-electron chi connectivity index (χ2n) is 11.4. The number of amides is 3. The molecule has 10 nitrogen and oxygen atoms in total. The number of carboxylic acid groups (broad SMARTS) is 1. The molecule has 3 rings (SSSR count). The Kier molecular flexibility index (Phi) is 10.5. The van der Waals surface area contributed by atoms with Crippen LogP contribution in [-0.4, -0.2) is 65.2 Å². The van der Waals surface area contributed by atoms with Crippen molar-refractivity contribution in [3.8, 4) is 5.75 Å². The Bertz CT molecular complexity index is 1390. The van der Waals surface area contributed by atoms with E-state index in [0.29, 0.717) is 11.8 Å². The Morgan fingerprint density at radius 3 is 2.30 bits per heavy atom. The number of hydrogen-bond acceptors (Lipinski definition) is 6. The topological polar surface area (TPSA) is 142 Å². The fourth-order valence-corrected chi connectivity index (χ4v) is 4.52. The van der Waals surface area contributed by atoms with E-state index in [1.54, 1.807) is 18.2 Å². The number of piperidine rings is 1. The van der Waals surface area contributed by atoms with E-state index in [1.807, 2.05) is 26.8 Å². The van der Waals surface area contributed by atoms with Gasteiger partial charge in [0, 0.05) is 24.7 Å². The van der Waals surface area contributed by atoms with E-state index in [2.05, 4.69) is 10.6 Å². The molecule has 43 heavy (non-hydrogen) atoms. The predicted octanol–water partition coefficient (Wildman–Crippen LogP) is 3.49. The van der Waals surface area contributed by atoms with Gasteiger partial charge in [-0.05, 0) is 54.5 Å². The molecule has 3 amide bonds. The van der Waals surface area contributed by atoms with Crippen LogP contribution in [-0.2, 0) is 29.4 Å². The number of benzene rings is 2. The number of rotatable bonds is 9. The Morgan fingerprint density at radius 2 is 1.70 bits per heavy atom. The molecular formula is C30H34F3N3O7. The highest BCUT2D eigenvalue weighted by Gasteiger charge is 2.33. The summed E-state index contributed by atoms with van der Waals surface area (Å²) >= 11 is 0. The van der Waals surface area contributed by atoms with Gasteiger partial charge in [0.25, 0.3) is 0 Å². The highest BCUT2D eigenvalue weighted by molar-refractivity contribution is 6.39. The molecule has 13 heteroatoms. The van der Waals surface area contributed by atoms with E-state index in [1.165, 1.54) is 4.90 Å². The average Bonchev–Trinajstić information content (AvgIpc) is 2.94. The number of anilines is 1. The lowest BCUT2D eigenvalue weighted by atomic mass is 9.87. The van der Waals surface area contributed by atoms with Crippen LogP contribution in [0.4, 0.5) is 18.9 Å². The van der Waals surface area contributed by atoms with Crippen molar-refractivity contribution < 1.29 is 47.0 Å². The quantitative estimate of drug-likeness (QED) is 0.294. The second kappa shape index (κ2) is 13.7. The highest BCUT2D eigenvalue weighted by Crippen LogP contribution is 2.27. The van der Waals surface area contributed by atoms with Gasteiger partial charge in [-0.25, -0.2) is 8.78 Å². The molecule has 1 fully saturated rings. The lowest BCUT2D eigenvalue weighted by molar-refractivity contribution is -0.145. The summed E-state index contributed by atoms with van der Waals surface area (Å²) in [5.74, 6) is -10.8. The van der Waals surface area contributed by atoms with Crippen LogP contribution in [0.25, 0.3) is 0 Å². The molecule has 2 aromatic carbocycles. The molecule has 0 saturated carbocycles. The first kappa shape index (κ1) is 33.1. The van der Waals surface area contributed by atoms with Crippen LogP contribution < -0.4 is 15.4 Å². The molecule has 1 aliphatic heterocycles. The van der Waals surface area contributed by atoms with E-state index < -0.39 is 77.7 Å². The molecule has 1 atom stereocenters. The Morgan fingerprint density at radius 1 is 1.05 bits per heavy atom. The minimum Gasteiger partial charge on any atom is -0.481 e.